The number of aromatic amines is 1. The lowest BCUT2D eigenvalue weighted by molar-refractivity contribution is 0.583. The van der Waals surface area contributed by atoms with Gasteiger partial charge < -0.3 is 0 Å². The Morgan fingerprint density at radius 3 is 2.44 bits per heavy atom. The molecular formula is C11H18N2O4S. The van der Waals surface area contributed by atoms with Gasteiger partial charge in [0.1, 0.15) is 0 Å². The molecule has 1 aromatic rings. The normalized spacial score (nSPS) is 11.7. The van der Waals surface area contributed by atoms with Crippen LogP contribution in [0.15, 0.2) is 15.8 Å². The summed E-state index contributed by atoms with van der Waals surface area (Å²) in [5.74, 6) is 0.0294. The summed E-state index contributed by atoms with van der Waals surface area (Å²) in [5, 5.41) is 0. The summed E-state index contributed by atoms with van der Waals surface area (Å²) in [6.45, 7) is 3.66. The molecule has 0 spiro atoms. The third kappa shape index (κ3) is 3.83. The average Bonchev–Trinajstić information content (AvgIpc) is 2.28. The maximum Gasteiger partial charge on any atom is 0.328 e. The van der Waals surface area contributed by atoms with E-state index in [9.17, 15) is 18.0 Å². The lowest BCUT2D eigenvalue weighted by atomic mass is 10.3. The van der Waals surface area contributed by atoms with Gasteiger partial charge in [-0.3, -0.25) is 14.3 Å². The zero-order valence-electron chi connectivity index (χ0n) is 10.6. The highest BCUT2D eigenvalue weighted by Gasteiger charge is 2.11. The molecule has 102 valence electrons. The molecule has 0 aliphatic heterocycles. The van der Waals surface area contributed by atoms with Crippen LogP contribution in [0.4, 0.5) is 0 Å². The third-order valence-corrected chi connectivity index (χ3v) is 4.46. The first-order valence-electron chi connectivity index (χ1n) is 5.92. The summed E-state index contributed by atoms with van der Waals surface area (Å²) < 4.78 is 24.3. The Labute approximate surface area is 106 Å². The van der Waals surface area contributed by atoms with E-state index in [4.69, 9.17) is 0 Å². The Bertz CT molecular complexity index is 613. The molecule has 6 nitrogen and oxygen atoms in total. The summed E-state index contributed by atoms with van der Waals surface area (Å²) in [5.41, 5.74) is -0.499. The SMILES string of the molecule is CCCS(=O)(=O)CCn1cc(CC)c(=O)[nH]c1=O. The summed E-state index contributed by atoms with van der Waals surface area (Å²) in [6.07, 6.45) is 2.49. The molecule has 1 aromatic heterocycles. The van der Waals surface area contributed by atoms with Crippen molar-refractivity contribution in [1.29, 1.82) is 0 Å². The van der Waals surface area contributed by atoms with E-state index in [-0.39, 0.29) is 18.1 Å². The fraction of sp³-hybridized carbons (Fsp3) is 0.636. The van der Waals surface area contributed by atoms with Crippen molar-refractivity contribution in [2.45, 2.75) is 33.2 Å². The largest absolute Gasteiger partial charge is 0.328 e. The highest BCUT2D eigenvalue weighted by Crippen LogP contribution is 1.96. The van der Waals surface area contributed by atoms with Crippen molar-refractivity contribution in [2.75, 3.05) is 11.5 Å². The van der Waals surface area contributed by atoms with Crippen molar-refractivity contribution < 1.29 is 8.42 Å². The van der Waals surface area contributed by atoms with E-state index in [1.807, 2.05) is 0 Å². The van der Waals surface area contributed by atoms with E-state index < -0.39 is 21.1 Å². The van der Waals surface area contributed by atoms with Crippen LogP contribution in [0.1, 0.15) is 25.8 Å². The topological polar surface area (TPSA) is 89.0 Å². The maximum atomic E-state index is 11.5. The Kier molecular flexibility index (Phi) is 4.89. The fourth-order valence-corrected chi connectivity index (χ4v) is 2.92. The first-order valence-corrected chi connectivity index (χ1v) is 7.74. The van der Waals surface area contributed by atoms with Crippen LogP contribution in [0.3, 0.4) is 0 Å². The van der Waals surface area contributed by atoms with Crippen molar-refractivity contribution in [2.24, 2.45) is 0 Å². The Morgan fingerprint density at radius 1 is 1.22 bits per heavy atom. The predicted octanol–water partition coefficient (Wildman–Crippen LogP) is -0.0762. The lowest BCUT2D eigenvalue weighted by Crippen LogP contribution is -2.33. The first kappa shape index (κ1) is 14.7. The molecule has 7 heteroatoms. The van der Waals surface area contributed by atoms with Gasteiger partial charge in [0.25, 0.3) is 5.56 Å². The predicted molar refractivity (Wildman–Crippen MR) is 69.6 cm³/mol. The van der Waals surface area contributed by atoms with Crippen LogP contribution in [0.25, 0.3) is 0 Å². The molecule has 0 atom stereocenters. The molecule has 18 heavy (non-hydrogen) atoms. The van der Waals surface area contributed by atoms with E-state index in [1.165, 1.54) is 10.8 Å². The Morgan fingerprint density at radius 2 is 1.89 bits per heavy atom. The van der Waals surface area contributed by atoms with Gasteiger partial charge in [-0.05, 0) is 12.8 Å². The van der Waals surface area contributed by atoms with Crippen molar-refractivity contribution in [3.63, 3.8) is 0 Å². The van der Waals surface area contributed by atoms with Crippen LogP contribution in [0.5, 0.6) is 0 Å². The molecule has 0 amide bonds. The average molecular weight is 274 g/mol. The number of hydrogen-bond acceptors (Lipinski definition) is 4. The second-order valence-corrected chi connectivity index (χ2v) is 6.42. The van der Waals surface area contributed by atoms with Gasteiger partial charge in [0.15, 0.2) is 9.84 Å². The number of nitrogens with zero attached hydrogens (tertiary/aromatic N) is 1. The summed E-state index contributed by atoms with van der Waals surface area (Å²) in [7, 11) is -3.13. The van der Waals surface area contributed by atoms with Crippen LogP contribution >= 0.6 is 0 Å². The highest BCUT2D eigenvalue weighted by molar-refractivity contribution is 7.91. The second-order valence-electron chi connectivity index (χ2n) is 4.11. The van der Waals surface area contributed by atoms with Crippen LogP contribution in [0.2, 0.25) is 0 Å². The van der Waals surface area contributed by atoms with E-state index in [0.29, 0.717) is 18.4 Å². The smallest absolute Gasteiger partial charge is 0.299 e. The molecule has 0 saturated heterocycles. The van der Waals surface area contributed by atoms with Gasteiger partial charge in [0.05, 0.1) is 5.75 Å². The Hall–Kier alpha value is -1.37. The standard InChI is InChI=1S/C11H18N2O4S/c1-3-6-18(16,17)7-5-13-8-9(4-2)10(14)12-11(13)15/h8H,3-7H2,1-2H3,(H,12,14,15). The molecule has 0 aliphatic rings. The van der Waals surface area contributed by atoms with Crippen LogP contribution in [0, 0.1) is 0 Å². The lowest BCUT2D eigenvalue weighted by Gasteiger charge is -2.07. The third-order valence-electron chi connectivity index (χ3n) is 2.62. The van der Waals surface area contributed by atoms with Gasteiger partial charge >= 0.3 is 5.69 Å². The first-order chi connectivity index (χ1) is 8.39. The van der Waals surface area contributed by atoms with E-state index in [1.54, 1.807) is 13.8 Å². The number of aromatic nitrogens is 2. The van der Waals surface area contributed by atoms with Crippen LogP contribution < -0.4 is 11.2 Å². The van der Waals surface area contributed by atoms with Crippen molar-refractivity contribution in [3.8, 4) is 0 Å². The molecule has 1 heterocycles. The Balaban J connectivity index is 2.93. The van der Waals surface area contributed by atoms with Crippen molar-refractivity contribution in [1.82, 2.24) is 9.55 Å². The fourth-order valence-electron chi connectivity index (χ4n) is 1.62. The van der Waals surface area contributed by atoms with E-state index >= 15 is 0 Å². The van der Waals surface area contributed by atoms with Gasteiger partial charge in [-0.15, -0.1) is 0 Å². The van der Waals surface area contributed by atoms with E-state index in [2.05, 4.69) is 4.98 Å². The number of H-pyrrole nitrogens is 1. The zero-order chi connectivity index (χ0) is 13.8. The number of aryl methyl sites for hydroxylation is 2. The molecule has 0 radical (unpaired) electrons. The molecule has 1 rings (SSSR count). The number of nitrogens with one attached hydrogen (secondary N) is 1. The number of sulfone groups is 1. The molecule has 0 aliphatic carbocycles. The zero-order valence-corrected chi connectivity index (χ0v) is 11.4. The van der Waals surface area contributed by atoms with Gasteiger partial charge in [-0.25, -0.2) is 13.2 Å². The molecule has 0 fully saturated rings. The number of hydrogen-bond donors (Lipinski definition) is 1. The van der Waals surface area contributed by atoms with Gasteiger partial charge in [0, 0.05) is 24.1 Å². The van der Waals surface area contributed by atoms with Crippen molar-refractivity contribution >= 4 is 9.84 Å². The second kappa shape index (κ2) is 5.99. The summed E-state index contributed by atoms with van der Waals surface area (Å²) >= 11 is 0. The minimum absolute atomic E-state index is 0.0744. The molecule has 0 unspecified atom stereocenters. The monoisotopic (exact) mass is 274 g/mol. The molecule has 0 bridgehead atoms. The molecule has 0 aromatic carbocycles. The minimum Gasteiger partial charge on any atom is -0.299 e. The highest BCUT2D eigenvalue weighted by atomic mass is 32.2. The van der Waals surface area contributed by atoms with Gasteiger partial charge in [-0.2, -0.15) is 0 Å². The van der Waals surface area contributed by atoms with E-state index in [0.717, 1.165) is 0 Å². The quantitative estimate of drug-likeness (QED) is 0.786. The van der Waals surface area contributed by atoms with Crippen molar-refractivity contribution in [3.05, 3.63) is 32.6 Å². The van der Waals surface area contributed by atoms with Crippen LogP contribution in [-0.2, 0) is 22.8 Å². The van der Waals surface area contributed by atoms with Crippen LogP contribution in [-0.4, -0.2) is 29.5 Å². The molecule has 0 saturated carbocycles. The number of rotatable bonds is 6. The molecule has 1 N–H and O–H groups in total. The molecular weight excluding hydrogens is 256 g/mol. The van der Waals surface area contributed by atoms with Gasteiger partial charge in [-0.1, -0.05) is 13.8 Å². The minimum atomic E-state index is -3.13. The van der Waals surface area contributed by atoms with Gasteiger partial charge in [0.2, 0.25) is 0 Å². The summed E-state index contributed by atoms with van der Waals surface area (Å²) in [4.78, 5) is 25.0. The maximum absolute atomic E-state index is 11.5. The summed E-state index contributed by atoms with van der Waals surface area (Å²) in [6, 6.07) is 0.